The van der Waals surface area contributed by atoms with E-state index in [0.29, 0.717) is 6.04 Å². The fourth-order valence-corrected chi connectivity index (χ4v) is 7.46. The summed E-state index contributed by atoms with van der Waals surface area (Å²) in [6, 6.07) is 4.87. The number of aromatic nitrogens is 4. The summed E-state index contributed by atoms with van der Waals surface area (Å²) in [5.74, 6) is -7.88. The van der Waals surface area contributed by atoms with E-state index in [4.69, 9.17) is 37.1 Å². The molecule has 2 aromatic heterocycles. The molecule has 2 saturated carbocycles. The third-order valence-corrected chi connectivity index (χ3v) is 11.9. The van der Waals surface area contributed by atoms with Crippen LogP contribution in [0.3, 0.4) is 0 Å². The second-order valence-electron chi connectivity index (χ2n) is 16.4. The van der Waals surface area contributed by atoms with Crippen molar-refractivity contribution in [3.05, 3.63) is 82.2 Å². The molecule has 360 valence electrons. The van der Waals surface area contributed by atoms with Crippen molar-refractivity contribution in [1.82, 2.24) is 25.3 Å². The number of hydrogen-bond donors (Lipinski definition) is 6. The molecule has 0 unspecified atom stereocenters. The summed E-state index contributed by atoms with van der Waals surface area (Å²) in [4.78, 5) is 51.9. The number of nitrogen functional groups attached to an aromatic ring is 2. The van der Waals surface area contributed by atoms with E-state index in [1.54, 1.807) is 0 Å². The normalized spacial score (nSPS) is 18.3. The number of methoxy groups -OCH3 is 2. The Morgan fingerprint density at radius 2 is 1.15 bits per heavy atom. The van der Waals surface area contributed by atoms with Gasteiger partial charge in [-0.05, 0) is 96.4 Å². The topological polar surface area (TPSA) is 293 Å². The van der Waals surface area contributed by atoms with Crippen molar-refractivity contribution in [2.75, 3.05) is 36.8 Å². The zero-order valence-corrected chi connectivity index (χ0v) is 38.2. The number of carbonyl (C=O) groups is 3. The number of benzene rings is 2. The highest BCUT2D eigenvalue weighted by Gasteiger charge is 2.29. The fraction of sp³-hybridized carbons (Fsp3) is 0.465. The maximum atomic E-state index is 14.2. The zero-order chi connectivity index (χ0) is 49.1. The van der Waals surface area contributed by atoms with Gasteiger partial charge in [-0.2, -0.15) is 4.98 Å². The lowest BCUT2D eigenvalue weighted by Crippen LogP contribution is -2.42. The number of nitrogens with one attached hydrogen (secondary N) is 2. The molecule has 2 aliphatic carbocycles. The minimum absolute atomic E-state index is 0.0981. The average Bonchev–Trinajstić information content (AvgIpc) is 3.26. The van der Waals surface area contributed by atoms with E-state index in [2.05, 4.69) is 30.6 Å². The number of nitrogens with zero attached hydrogens (tertiary/aromatic N) is 4. The molecule has 0 spiro atoms. The van der Waals surface area contributed by atoms with E-state index in [0.717, 1.165) is 75.8 Å². The minimum Gasteiger partial charge on any atom is -0.496 e. The second kappa shape index (κ2) is 22.8. The van der Waals surface area contributed by atoms with Gasteiger partial charge in [0.25, 0.3) is 0 Å². The van der Waals surface area contributed by atoms with Gasteiger partial charge in [0.2, 0.25) is 32.5 Å². The first-order valence-corrected chi connectivity index (χ1v) is 22.5. The van der Waals surface area contributed by atoms with Gasteiger partial charge < -0.3 is 47.8 Å². The van der Waals surface area contributed by atoms with Gasteiger partial charge in [0.1, 0.15) is 39.9 Å². The van der Waals surface area contributed by atoms with Crippen molar-refractivity contribution in [3.8, 4) is 11.5 Å². The number of hydrogen-bond acceptors (Lipinski definition) is 17. The van der Waals surface area contributed by atoms with Gasteiger partial charge in [-0.1, -0.05) is 6.92 Å². The zero-order valence-electron chi connectivity index (χ0n) is 37.4. The Labute approximate surface area is 379 Å². The predicted octanol–water partition coefficient (Wildman–Crippen LogP) is 5.41. The molecule has 4 aromatic rings. The Hall–Kier alpha value is -6.20. The summed E-state index contributed by atoms with van der Waals surface area (Å²) < 4.78 is 93.5. The third-order valence-electron chi connectivity index (χ3n) is 10.4. The molecule has 1 amide bonds. The Balaban J connectivity index is 0.000000225. The number of alkyl carbamates (subject to hydrolysis) is 1. The van der Waals surface area contributed by atoms with E-state index in [-0.39, 0.29) is 64.4 Å². The van der Waals surface area contributed by atoms with Crippen LogP contribution >= 0.6 is 0 Å². The number of rotatable bonds is 11. The lowest BCUT2D eigenvalue weighted by atomic mass is 9.92. The molecule has 0 radical (unpaired) electrons. The van der Waals surface area contributed by atoms with Crippen LogP contribution < -0.4 is 43.0 Å². The van der Waals surface area contributed by atoms with Gasteiger partial charge in [-0.15, -0.1) is 0 Å². The summed E-state index contributed by atoms with van der Waals surface area (Å²) in [5.41, 5.74) is 21.0. The number of amides is 1. The summed E-state index contributed by atoms with van der Waals surface area (Å²) in [7, 11) is -1.29. The molecule has 66 heavy (non-hydrogen) atoms. The van der Waals surface area contributed by atoms with E-state index in [1.165, 1.54) is 33.4 Å². The van der Waals surface area contributed by atoms with Crippen LogP contribution in [0.5, 0.6) is 11.5 Å². The van der Waals surface area contributed by atoms with Gasteiger partial charge in [-0.3, -0.25) is 9.59 Å². The summed E-state index contributed by atoms with van der Waals surface area (Å²) in [6.45, 7) is 6.98. The van der Waals surface area contributed by atoms with Gasteiger partial charge in [0, 0.05) is 36.6 Å². The monoisotopic (exact) mass is 948 g/mol. The highest BCUT2D eigenvalue weighted by Crippen LogP contribution is 2.30. The lowest BCUT2D eigenvalue weighted by Gasteiger charge is -2.28. The molecule has 0 atom stereocenters. The quantitative estimate of drug-likeness (QED) is 0.0622. The summed E-state index contributed by atoms with van der Waals surface area (Å²) in [5, 5.41) is 5.49. The molecule has 2 heterocycles. The van der Waals surface area contributed by atoms with Crippen molar-refractivity contribution < 1.29 is 54.6 Å². The number of halogens is 4. The molecule has 23 heteroatoms. The first kappa shape index (κ1) is 52.4. The predicted molar refractivity (Wildman–Crippen MR) is 237 cm³/mol. The Bertz CT molecular complexity index is 2480. The molecule has 0 bridgehead atoms. The van der Waals surface area contributed by atoms with Gasteiger partial charge in [0.15, 0.2) is 23.3 Å². The van der Waals surface area contributed by atoms with Crippen LogP contribution in [0, 0.1) is 23.3 Å². The van der Waals surface area contributed by atoms with Crippen LogP contribution in [0.4, 0.5) is 39.9 Å². The smallest absolute Gasteiger partial charge is 0.407 e. The molecule has 2 aliphatic rings. The molecule has 2 fully saturated rings. The standard InChI is InChI=1S/C18H21F2N5O2.C14H13F2N3O4S.C11H22N2O2/c1-27-13-7-6-12(19)15(20)14(13)16(26)11-8-23-18(25-17(11)22)24-10-4-2-9(21)3-5-10;1-3-24(21,22)14-18-6-7(13(17)19-14)12(20)10-9(23-2)5-4-8(15)11(10)16;1-11(2,3)15-10(14)13-9-6-4-8(12)5-7-9/h6-10H,2-5,21H2,1H3,(H3,22,23,24,25);4-6H,3H2,1-2H3,(H2,17,18,19);8-9H,4-7,12H2,1-3H3,(H,13,14). The van der Waals surface area contributed by atoms with Crippen LogP contribution in [0.25, 0.3) is 0 Å². The van der Waals surface area contributed by atoms with Crippen LogP contribution in [0.2, 0.25) is 0 Å². The third kappa shape index (κ3) is 13.9. The summed E-state index contributed by atoms with van der Waals surface area (Å²) >= 11 is 0. The largest absolute Gasteiger partial charge is 0.496 e. The molecule has 0 saturated heterocycles. The minimum atomic E-state index is -3.73. The van der Waals surface area contributed by atoms with E-state index < -0.39 is 72.4 Å². The Kier molecular flexibility index (Phi) is 18.1. The highest BCUT2D eigenvalue weighted by atomic mass is 32.2. The SMILES string of the molecule is CC(C)(C)OC(=O)NC1CCC(N)CC1.CCS(=O)(=O)c1ncc(C(=O)c2c(OC)ccc(F)c2F)c(N)n1.COc1ccc(F)c(F)c1C(=O)c1cnc(NC2CCC(N)CC2)nc1N. The summed E-state index contributed by atoms with van der Waals surface area (Å²) in [6.07, 6.45) is 9.21. The van der Waals surface area contributed by atoms with Gasteiger partial charge in [0.05, 0.1) is 31.1 Å². The van der Waals surface area contributed by atoms with Crippen molar-refractivity contribution in [1.29, 1.82) is 0 Å². The van der Waals surface area contributed by atoms with Gasteiger partial charge >= 0.3 is 6.09 Å². The molecular formula is C43H56F4N10O8S. The Morgan fingerprint density at radius 3 is 1.56 bits per heavy atom. The van der Waals surface area contributed by atoms with E-state index in [9.17, 15) is 40.4 Å². The molecule has 2 aromatic carbocycles. The highest BCUT2D eigenvalue weighted by molar-refractivity contribution is 7.91. The number of anilines is 3. The number of nitrogens with two attached hydrogens (primary N) is 4. The maximum absolute atomic E-state index is 14.2. The van der Waals surface area contributed by atoms with Crippen molar-refractivity contribution in [3.63, 3.8) is 0 Å². The molecule has 18 nitrogen and oxygen atoms in total. The second-order valence-corrected chi connectivity index (χ2v) is 18.6. The first-order valence-electron chi connectivity index (χ1n) is 20.9. The van der Waals surface area contributed by atoms with Crippen LogP contribution in [0.1, 0.15) is 111 Å². The van der Waals surface area contributed by atoms with Crippen molar-refractivity contribution >= 4 is 45.1 Å². The Morgan fingerprint density at radius 1 is 0.712 bits per heavy atom. The number of sulfone groups is 1. The van der Waals surface area contributed by atoms with Crippen molar-refractivity contribution in [2.24, 2.45) is 11.5 Å². The number of ketones is 2. The van der Waals surface area contributed by atoms with Crippen LogP contribution in [-0.4, -0.2) is 95.8 Å². The maximum Gasteiger partial charge on any atom is 0.407 e. The lowest BCUT2D eigenvalue weighted by molar-refractivity contribution is 0.0491. The molecule has 6 rings (SSSR count). The van der Waals surface area contributed by atoms with E-state index >= 15 is 0 Å². The van der Waals surface area contributed by atoms with Crippen LogP contribution in [0.15, 0.2) is 41.8 Å². The molecular weight excluding hydrogens is 893 g/mol. The number of ether oxygens (including phenoxy) is 3. The molecule has 10 N–H and O–H groups in total. The fourth-order valence-electron chi connectivity index (χ4n) is 6.75. The van der Waals surface area contributed by atoms with Crippen LogP contribution in [-0.2, 0) is 14.6 Å². The number of carbonyl (C=O) groups excluding carboxylic acids is 3. The first-order chi connectivity index (χ1) is 31.0. The molecule has 0 aliphatic heterocycles. The average molecular weight is 949 g/mol. The van der Waals surface area contributed by atoms with Crippen molar-refractivity contribution in [2.45, 2.75) is 114 Å². The van der Waals surface area contributed by atoms with Gasteiger partial charge in [-0.25, -0.2) is 45.7 Å². The van der Waals surface area contributed by atoms with E-state index in [1.807, 2.05) is 20.8 Å².